The number of benzene rings is 1. The number of halogens is 1. The van der Waals surface area contributed by atoms with Gasteiger partial charge in [0, 0.05) is 29.7 Å². The third kappa shape index (κ3) is 3.40. The minimum Gasteiger partial charge on any atom is -0.355 e. The number of rotatable bonds is 3. The molecule has 0 radical (unpaired) electrons. The van der Waals surface area contributed by atoms with E-state index in [0.29, 0.717) is 17.2 Å². The van der Waals surface area contributed by atoms with Crippen LogP contribution in [0.25, 0.3) is 11.3 Å². The number of aromatic nitrogens is 1. The lowest BCUT2D eigenvalue weighted by Crippen LogP contribution is -2.37. The number of amides is 1. The Hall–Kier alpha value is -1.86. The lowest BCUT2D eigenvalue weighted by atomic mass is 10.1. The van der Waals surface area contributed by atoms with Crippen LogP contribution in [0.3, 0.4) is 0 Å². The second-order valence-corrected chi connectivity index (χ2v) is 8.22. The molecule has 6 nitrogen and oxygen atoms in total. The highest BCUT2D eigenvalue weighted by molar-refractivity contribution is 7.91. The molecule has 1 amide bonds. The van der Waals surface area contributed by atoms with Crippen molar-refractivity contribution in [1.29, 1.82) is 0 Å². The van der Waals surface area contributed by atoms with Crippen LogP contribution >= 0.6 is 11.6 Å². The molecule has 1 unspecified atom stereocenters. The molecule has 1 saturated heterocycles. The van der Waals surface area contributed by atoms with Crippen LogP contribution in [0, 0.1) is 0 Å². The fraction of sp³-hybridized carbons (Fsp3) is 0.333. The van der Waals surface area contributed by atoms with E-state index in [-0.39, 0.29) is 29.1 Å². The van der Waals surface area contributed by atoms with E-state index < -0.39 is 9.84 Å². The number of carbonyl (C=O) groups is 1. The highest BCUT2D eigenvalue weighted by Gasteiger charge is 2.33. The molecule has 0 saturated carbocycles. The predicted molar refractivity (Wildman–Crippen MR) is 86.1 cm³/mol. The predicted octanol–water partition coefficient (Wildman–Crippen LogP) is 2.25. The third-order valence-electron chi connectivity index (χ3n) is 3.93. The third-order valence-corrected chi connectivity index (χ3v) is 5.94. The monoisotopic (exact) mass is 354 g/mol. The Morgan fingerprint density at radius 2 is 2.04 bits per heavy atom. The summed E-state index contributed by atoms with van der Waals surface area (Å²) in [5.41, 5.74) is 0.911. The Kier molecular flexibility index (Phi) is 4.16. The average molecular weight is 355 g/mol. The van der Waals surface area contributed by atoms with Crippen LogP contribution in [0.15, 0.2) is 34.9 Å². The Bertz CT molecular complexity index is 829. The minimum absolute atomic E-state index is 0.00284. The van der Waals surface area contributed by atoms with E-state index in [1.165, 1.54) is 4.90 Å². The highest BCUT2D eigenvalue weighted by Crippen LogP contribution is 2.24. The van der Waals surface area contributed by atoms with Crippen molar-refractivity contribution < 1.29 is 17.7 Å². The van der Waals surface area contributed by atoms with Crippen molar-refractivity contribution in [2.24, 2.45) is 0 Å². The molecular formula is C15H15ClN2O4S. The van der Waals surface area contributed by atoms with Gasteiger partial charge in [-0.25, -0.2) is 8.42 Å². The molecule has 2 aromatic rings. The lowest BCUT2D eigenvalue weighted by Gasteiger charge is -2.21. The van der Waals surface area contributed by atoms with Crippen molar-refractivity contribution in [2.75, 3.05) is 18.6 Å². The summed E-state index contributed by atoms with van der Waals surface area (Å²) in [6, 6.07) is 8.20. The highest BCUT2D eigenvalue weighted by atomic mass is 35.5. The fourth-order valence-corrected chi connectivity index (χ4v) is 4.45. The molecule has 1 aromatic carbocycles. The van der Waals surface area contributed by atoms with E-state index in [9.17, 15) is 13.2 Å². The van der Waals surface area contributed by atoms with Crippen LogP contribution in [0.1, 0.15) is 16.9 Å². The van der Waals surface area contributed by atoms with Crippen molar-refractivity contribution in [3.05, 3.63) is 41.0 Å². The van der Waals surface area contributed by atoms with E-state index in [4.69, 9.17) is 16.1 Å². The van der Waals surface area contributed by atoms with Crippen molar-refractivity contribution in [3.63, 3.8) is 0 Å². The molecule has 0 N–H and O–H groups in total. The molecule has 1 atom stereocenters. The van der Waals surface area contributed by atoms with E-state index in [0.717, 1.165) is 5.56 Å². The van der Waals surface area contributed by atoms with Gasteiger partial charge >= 0.3 is 0 Å². The summed E-state index contributed by atoms with van der Waals surface area (Å²) in [5, 5.41) is 4.40. The summed E-state index contributed by atoms with van der Waals surface area (Å²) in [7, 11) is -1.46. The second-order valence-electron chi connectivity index (χ2n) is 5.56. The summed E-state index contributed by atoms with van der Waals surface area (Å²) < 4.78 is 28.3. The summed E-state index contributed by atoms with van der Waals surface area (Å²) in [6.45, 7) is 0. The molecule has 1 aliphatic rings. The zero-order chi connectivity index (χ0) is 16.6. The van der Waals surface area contributed by atoms with Gasteiger partial charge in [0.2, 0.25) is 0 Å². The molecule has 3 rings (SSSR count). The maximum absolute atomic E-state index is 12.4. The van der Waals surface area contributed by atoms with E-state index >= 15 is 0 Å². The number of sulfone groups is 1. The maximum Gasteiger partial charge on any atom is 0.276 e. The molecule has 1 aliphatic heterocycles. The topological polar surface area (TPSA) is 80.5 Å². The number of nitrogens with zero attached hydrogens (tertiary/aromatic N) is 2. The smallest absolute Gasteiger partial charge is 0.276 e. The Morgan fingerprint density at radius 1 is 1.35 bits per heavy atom. The first-order valence-electron chi connectivity index (χ1n) is 7.06. The standard InChI is InChI=1S/C15H15ClN2O4S/c1-18(12-6-7-23(20,21)9-12)15(19)13-8-14(22-17-13)10-2-4-11(16)5-3-10/h2-5,8,12H,6-7,9H2,1H3. The first kappa shape index (κ1) is 16.0. The van der Waals surface area contributed by atoms with Crippen LogP contribution in [0.4, 0.5) is 0 Å². The molecule has 1 fully saturated rings. The minimum atomic E-state index is -3.05. The van der Waals surface area contributed by atoms with Gasteiger partial charge < -0.3 is 9.42 Å². The average Bonchev–Trinajstić information content (AvgIpc) is 3.13. The van der Waals surface area contributed by atoms with Gasteiger partial charge in [-0.05, 0) is 30.7 Å². The van der Waals surface area contributed by atoms with Crippen LogP contribution in [0.5, 0.6) is 0 Å². The molecule has 122 valence electrons. The number of hydrogen-bond acceptors (Lipinski definition) is 5. The van der Waals surface area contributed by atoms with Gasteiger partial charge in [-0.1, -0.05) is 16.8 Å². The molecule has 2 heterocycles. The Balaban J connectivity index is 1.77. The van der Waals surface area contributed by atoms with Crippen molar-refractivity contribution in [1.82, 2.24) is 10.1 Å². The molecule has 1 aromatic heterocycles. The maximum atomic E-state index is 12.4. The lowest BCUT2D eigenvalue weighted by molar-refractivity contribution is 0.0737. The zero-order valence-electron chi connectivity index (χ0n) is 12.4. The van der Waals surface area contributed by atoms with Gasteiger partial charge in [0.25, 0.3) is 5.91 Å². The van der Waals surface area contributed by atoms with Crippen LogP contribution in [-0.4, -0.2) is 49.0 Å². The van der Waals surface area contributed by atoms with Gasteiger partial charge in [0.1, 0.15) is 0 Å². The van der Waals surface area contributed by atoms with Gasteiger partial charge in [-0.15, -0.1) is 0 Å². The zero-order valence-corrected chi connectivity index (χ0v) is 14.0. The first-order valence-corrected chi connectivity index (χ1v) is 9.26. The molecule has 0 spiro atoms. The second kappa shape index (κ2) is 5.98. The number of hydrogen-bond donors (Lipinski definition) is 0. The molecule has 0 aliphatic carbocycles. The summed E-state index contributed by atoms with van der Waals surface area (Å²) in [5.74, 6) is 0.217. The SMILES string of the molecule is CN(C(=O)c1cc(-c2ccc(Cl)cc2)on1)C1CCS(=O)(=O)C1. The fourth-order valence-electron chi connectivity index (χ4n) is 2.55. The summed E-state index contributed by atoms with van der Waals surface area (Å²) in [6.07, 6.45) is 0.451. The Morgan fingerprint density at radius 3 is 2.65 bits per heavy atom. The van der Waals surface area contributed by atoms with Crippen molar-refractivity contribution >= 4 is 27.3 Å². The molecule has 8 heteroatoms. The van der Waals surface area contributed by atoms with Gasteiger partial charge in [0.05, 0.1) is 11.5 Å². The van der Waals surface area contributed by atoms with E-state index in [1.807, 2.05) is 0 Å². The Labute approximate surface area is 138 Å². The number of carbonyl (C=O) groups excluding carboxylic acids is 1. The van der Waals surface area contributed by atoms with Gasteiger partial charge in [-0.2, -0.15) is 0 Å². The van der Waals surface area contributed by atoms with Crippen LogP contribution in [-0.2, 0) is 9.84 Å². The normalized spacial score (nSPS) is 19.7. The summed E-state index contributed by atoms with van der Waals surface area (Å²) >= 11 is 5.84. The summed E-state index contributed by atoms with van der Waals surface area (Å²) in [4.78, 5) is 13.9. The van der Waals surface area contributed by atoms with Crippen molar-refractivity contribution in [2.45, 2.75) is 12.5 Å². The first-order chi connectivity index (χ1) is 10.9. The van der Waals surface area contributed by atoms with Gasteiger partial charge in [-0.3, -0.25) is 4.79 Å². The molecule has 23 heavy (non-hydrogen) atoms. The molecular weight excluding hydrogens is 340 g/mol. The quantitative estimate of drug-likeness (QED) is 0.844. The molecule has 0 bridgehead atoms. The van der Waals surface area contributed by atoms with Crippen LogP contribution in [0.2, 0.25) is 5.02 Å². The van der Waals surface area contributed by atoms with Crippen molar-refractivity contribution in [3.8, 4) is 11.3 Å². The van der Waals surface area contributed by atoms with E-state index in [2.05, 4.69) is 5.16 Å². The largest absolute Gasteiger partial charge is 0.355 e. The van der Waals surface area contributed by atoms with Crippen LogP contribution < -0.4 is 0 Å². The van der Waals surface area contributed by atoms with Gasteiger partial charge in [0.15, 0.2) is 21.3 Å². The van der Waals surface area contributed by atoms with E-state index in [1.54, 1.807) is 37.4 Å².